The van der Waals surface area contributed by atoms with Gasteiger partial charge in [0.1, 0.15) is 0 Å². The number of pyridine rings is 1. The van der Waals surface area contributed by atoms with Crippen molar-refractivity contribution in [2.45, 2.75) is 31.1 Å². The first-order chi connectivity index (χ1) is 15.6. The average molecular weight is 451 g/mol. The molecular weight excluding hydrogens is 420 g/mol. The monoisotopic (exact) mass is 450 g/mol. The third-order valence-electron chi connectivity index (χ3n) is 6.56. The molecule has 1 aromatic heterocycles. The van der Waals surface area contributed by atoms with Gasteiger partial charge < -0.3 is 14.6 Å². The fourth-order valence-electron chi connectivity index (χ4n) is 4.80. The van der Waals surface area contributed by atoms with Crippen molar-refractivity contribution in [1.29, 1.82) is 0 Å². The summed E-state index contributed by atoms with van der Waals surface area (Å²) in [6, 6.07) is 18.8. The van der Waals surface area contributed by atoms with Crippen LogP contribution in [-0.4, -0.2) is 31.4 Å². The van der Waals surface area contributed by atoms with Crippen molar-refractivity contribution in [3.8, 4) is 11.1 Å². The van der Waals surface area contributed by atoms with Gasteiger partial charge in [0, 0.05) is 50.5 Å². The number of ether oxygens (including phenoxy) is 1. The summed E-state index contributed by atoms with van der Waals surface area (Å²) in [6.07, 6.45) is 4.81. The molecule has 5 heteroatoms. The second-order valence-corrected chi connectivity index (χ2v) is 9.01. The average Bonchev–Trinajstić information content (AvgIpc) is 2.81. The van der Waals surface area contributed by atoms with E-state index in [-0.39, 0.29) is 17.4 Å². The molecule has 2 aromatic carbocycles. The van der Waals surface area contributed by atoms with Crippen molar-refractivity contribution in [2.24, 2.45) is 7.05 Å². The molecule has 0 spiro atoms. The van der Waals surface area contributed by atoms with Crippen molar-refractivity contribution >= 4 is 11.6 Å². The predicted octanol–water partition coefficient (Wildman–Crippen LogP) is 5.15. The molecule has 3 aromatic rings. The van der Waals surface area contributed by atoms with Crippen LogP contribution >= 0.6 is 11.6 Å². The molecule has 4 nitrogen and oxygen atoms in total. The summed E-state index contributed by atoms with van der Waals surface area (Å²) in [5.74, 6) is 0.504. The van der Waals surface area contributed by atoms with Crippen LogP contribution in [0.4, 0.5) is 0 Å². The lowest BCUT2D eigenvalue weighted by atomic mass is 9.77. The summed E-state index contributed by atoms with van der Waals surface area (Å²) in [5.41, 5.74) is 5.95. The minimum Gasteiger partial charge on any atom is -0.385 e. The van der Waals surface area contributed by atoms with Crippen LogP contribution in [0, 0.1) is 0 Å². The highest BCUT2D eigenvalue weighted by atomic mass is 35.5. The second kappa shape index (κ2) is 10.5. The molecule has 2 atom stereocenters. The Kier molecular flexibility index (Phi) is 7.46. The Morgan fingerprint density at radius 1 is 1.12 bits per heavy atom. The molecule has 1 fully saturated rings. The molecule has 0 saturated carbocycles. The molecule has 1 saturated heterocycles. The van der Waals surface area contributed by atoms with Gasteiger partial charge >= 0.3 is 0 Å². The van der Waals surface area contributed by atoms with E-state index in [1.54, 1.807) is 24.8 Å². The zero-order valence-electron chi connectivity index (χ0n) is 18.8. The van der Waals surface area contributed by atoms with Gasteiger partial charge in [-0.05, 0) is 71.7 Å². The van der Waals surface area contributed by atoms with E-state index in [1.165, 1.54) is 11.1 Å². The van der Waals surface area contributed by atoms with Crippen LogP contribution in [0.3, 0.4) is 0 Å². The normalized spacial score (nSPS) is 18.6. The molecule has 0 aliphatic carbocycles. The van der Waals surface area contributed by atoms with Crippen molar-refractivity contribution in [3.05, 3.63) is 92.9 Å². The molecule has 1 N–H and O–H groups in total. The Bertz CT molecular complexity index is 1120. The van der Waals surface area contributed by atoms with Crippen molar-refractivity contribution in [3.63, 3.8) is 0 Å². The minimum atomic E-state index is 0.0336. The van der Waals surface area contributed by atoms with Gasteiger partial charge in [0.15, 0.2) is 0 Å². The highest BCUT2D eigenvalue weighted by molar-refractivity contribution is 6.31. The van der Waals surface area contributed by atoms with E-state index in [9.17, 15) is 4.79 Å². The number of nitrogens with zero attached hydrogens (tertiary/aromatic N) is 1. The van der Waals surface area contributed by atoms with E-state index in [0.29, 0.717) is 0 Å². The Morgan fingerprint density at radius 3 is 2.75 bits per heavy atom. The van der Waals surface area contributed by atoms with Gasteiger partial charge in [0.05, 0.1) is 0 Å². The van der Waals surface area contributed by atoms with E-state index in [2.05, 4.69) is 53.8 Å². The lowest BCUT2D eigenvalue weighted by molar-refractivity contribution is 0.195. The molecule has 168 valence electrons. The van der Waals surface area contributed by atoms with Crippen LogP contribution in [0.2, 0.25) is 5.02 Å². The predicted molar refractivity (Wildman–Crippen MR) is 132 cm³/mol. The number of rotatable bonds is 7. The first-order valence-electron chi connectivity index (χ1n) is 11.3. The van der Waals surface area contributed by atoms with Crippen LogP contribution < -0.4 is 10.9 Å². The quantitative estimate of drug-likeness (QED) is 0.506. The number of benzene rings is 2. The summed E-state index contributed by atoms with van der Waals surface area (Å²) >= 11 is 6.89. The number of aryl methyl sites for hydroxylation is 2. The molecular formula is C27H31ClN2O2. The Balaban J connectivity index is 1.64. The Labute approximate surface area is 195 Å². The molecule has 0 amide bonds. The third kappa shape index (κ3) is 4.98. The lowest BCUT2D eigenvalue weighted by Gasteiger charge is -2.33. The molecule has 0 bridgehead atoms. The Morgan fingerprint density at radius 2 is 1.97 bits per heavy atom. The number of nitrogens with one attached hydrogen (secondary N) is 1. The topological polar surface area (TPSA) is 43.3 Å². The summed E-state index contributed by atoms with van der Waals surface area (Å²) in [6.45, 7) is 2.56. The largest absolute Gasteiger partial charge is 0.385 e. The fourth-order valence-corrected chi connectivity index (χ4v) is 5.12. The highest BCUT2D eigenvalue weighted by Crippen LogP contribution is 2.41. The van der Waals surface area contributed by atoms with Gasteiger partial charge in [0.2, 0.25) is 0 Å². The minimum absolute atomic E-state index is 0.0336. The lowest BCUT2D eigenvalue weighted by Crippen LogP contribution is -2.34. The maximum atomic E-state index is 12.2. The summed E-state index contributed by atoms with van der Waals surface area (Å²) < 4.78 is 6.84. The van der Waals surface area contributed by atoms with Crippen LogP contribution in [0.15, 0.2) is 65.6 Å². The maximum Gasteiger partial charge on any atom is 0.250 e. The van der Waals surface area contributed by atoms with Crippen LogP contribution in [0.1, 0.15) is 41.4 Å². The highest BCUT2D eigenvalue weighted by Gasteiger charge is 2.29. The van der Waals surface area contributed by atoms with E-state index >= 15 is 0 Å². The van der Waals surface area contributed by atoms with Gasteiger partial charge in [-0.15, -0.1) is 0 Å². The Hall–Kier alpha value is -2.40. The van der Waals surface area contributed by atoms with Gasteiger partial charge in [-0.25, -0.2) is 0 Å². The second-order valence-electron chi connectivity index (χ2n) is 8.60. The summed E-state index contributed by atoms with van der Waals surface area (Å²) in [7, 11) is 3.53. The maximum absolute atomic E-state index is 12.2. The third-order valence-corrected chi connectivity index (χ3v) is 6.89. The van der Waals surface area contributed by atoms with Gasteiger partial charge in [-0.1, -0.05) is 48.0 Å². The van der Waals surface area contributed by atoms with Crippen LogP contribution in [0.5, 0.6) is 0 Å². The first-order valence-corrected chi connectivity index (χ1v) is 11.7. The van der Waals surface area contributed by atoms with Gasteiger partial charge in [0.25, 0.3) is 5.56 Å². The van der Waals surface area contributed by atoms with E-state index in [0.717, 1.165) is 60.7 Å². The molecule has 1 aliphatic rings. The number of halogens is 1. The smallest absolute Gasteiger partial charge is 0.250 e. The van der Waals surface area contributed by atoms with Gasteiger partial charge in [-0.2, -0.15) is 0 Å². The number of piperidine rings is 1. The van der Waals surface area contributed by atoms with Crippen molar-refractivity contribution < 1.29 is 4.74 Å². The standard InChI is InChI=1S/C27H31ClN2O2/c1-30-14-12-21(17-27(30)31)23-11-13-29-18-25(23)24-10-9-20(16-26(24)28)22-8-4-3-6-19(22)7-5-15-32-2/h3-4,6,8-10,12,14,16-17,23,25,29H,5,7,11,13,15,18H2,1-2H3/t23-,25+/m1/s1. The zero-order valence-corrected chi connectivity index (χ0v) is 19.6. The number of methoxy groups -OCH3 is 1. The molecule has 0 unspecified atom stereocenters. The molecule has 2 heterocycles. The fraction of sp³-hybridized carbons (Fsp3) is 0.370. The van der Waals surface area contributed by atoms with Crippen molar-refractivity contribution in [1.82, 2.24) is 9.88 Å². The number of hydrogen-bond donors (Lipinski definition) is 1. The van der Waals surface area contributed by atoms with E-state index in [1.807, 2.05) is 6.20 Å². The zero-order chi connectivity index (χ0) is 22.5. The number of aromatic nitrogens is 1. The first kappa shape index (κ1) is 22.8. The van der Waals surface area contributed by atoms with E-state index in [4.69, 9.17) is 16.3 Å². The van der Waals surface area contributed by atoms with Crippen LogP contribution in [-0.2, 0) is 18.2 Å². The molecule has 1 aliphatic heterocycles. The molecule has 0 radical (unpaired) electrons. The number of hydrogen-bond acceptors (Lipinski definition) is 3. The summed E-state index contributed by atoms with van der Waals surface area (Å²) in [5, 5.41) is 4.31. The molecule has 32 heavy (non-hydrogen) atoms. The van der Waals surface area contributed by atoms with Crippen LogP contribution in [0.25, 0.3) is 11.1 Å². The van der Waals surface area contributed by atoms with E-state index < -0.39 is 0 Å². The summed E-state index contributed by atoms with van der Waals surface area (Å²) in [4.78, 5) is 12.2. The molecule has 4 rings (SSSR count). The SMILES string of the molecule is COCCCc1ccccc1-c1ccc([C@H]2CNCC[C@@H]2c2ccn(C)c(=O)c2)c(Cl)c1. The van der Waals surface area contributed by atoms with Crippen molar-refractivity contribution in [2.75, 3.05) is 26.8 Å². The van der Waals surface area contributed by atoms with Gasteiger partial charge in [-0.3, -0.25) is 4.79 Å².